The summed E-state index contributed by atoms with van der Waals surface area (Å²) in [7, 11) is 0. The van der Waals surface area contributed by atoms with Crippen LogP contribution in [0.5, 0.6) is 0 Å². The van der Waals surface area contributed by atoms with Gasteiger partial charge in [0.25, 0.3) is 0 Å². The Labute approximate surface area is 102 Å². The lowest BCUT2D eigenvalue weighted by Crippen LogP contribution is -2.00. The smallest absolute Gasteiger partial charge is 0.149 e. The summed E-state index contributed by atoms with van der Waals surface area (Å²) in [6, 6.07) is 9.93. The number of nitrogens with one attached hydrogen (secondary N) is 1. The van der Waals surface area contributed by atoms with E-state index in [9.17, 15) is 8.78 Å². The van der Waals surface area contributed by atoms with Gasteiger partial charge in [0.05, 0.1) is 23.0 Å². The van der Waals surface area contributed by atoms with E-state index in [2.05, 4.69) is 5.32 Å². The summed E-state index contributed by atoms with van der Waals surface area (Å²) in [5.74, 6) is -1.42. The zero-order valence-corrected chi connectivity index (χ0v) is 9.24. The summed E-state index contributed by atoms with van der Waals surface area (Å²) in [6.45, 7) is 0. The van der Waals surface area contributed by atoms with E-state index in [1.54, 1.807) is 0 Å². The van der Waals surface area contributed by atoms with Crippen LogP contribution in [0.25, 0.3) is 0 Å². The van der Waals surface area contributed by atoms with E-state index in [1.807, 2.05) is 6.07 Å². The molecule has 2 aromatic rings. The van der Waals surface area contributed by atoms with Gasteiger partial charge in [0.15, 0.2) is 0 Å². The van der Waals surface area contributed by atoms with E-state index in [0.29, 0.717) is 11.3 Å². The zero-order valence-electron chi connectivity index (χ0n) is 9.24. The molecule has 90 valence electrons. The van der Waals surface area contributed by atoms with Gasteiger partial charge in [-0.05, 0) is 30.3 Å². The average Bonchev–Trinajstić information content (AvgIpc) is 2.35. The molecule has 0 aliphatic heterocycles. The van der Waals surface area contributed by atoms with Crippen molar-refractivity contribution in [3.8, 4) is 6.07 Å². The van der Waals surface area contributed by atoms with Crippen molar-refractivity contribution in [3.63, 3.8) is 0 Å². The first-order chi connectivity index (χ1) is 8.61. The molecular formula is C13H9F2N3. The van der Waals surface area contributed by atoms with Crippen LogP contribution in [0, 0.1) is 23.0 Å². The van der Waals surface area contributed by atoms with Crippen LogP contribution < -0.4 is 11.1 Å². The minimum Gasteiger partial charge on any atom is -0.397 e. The summed E-state index contributed by atoms with van der Waals surface area (Å²) < 4.78 is 26.8. The van der Waals surface area contributed by atoms with Gasteiger partial charge < -0.3 is 11.1 Å². The molecule has 0 heterocycles. The van der Waals surface area contributed by atoms with Crippen molar-refractivity contribution >= 4 is 17.1 Å². The highest BCUT2D eigenvalue weighted by molar-refractivity contribution is 5.74. The number of rotatable bonds is 2. The molecule has 5 heteroatoms. The van der Waals surface area contributed by atoms with Crippen molar-refractivity contribution in [2.75, 3.05) is 11.1 Å². The van der Waals surface area contributed by atoms with Gasteiger partial charge in [-0.1, -0.05) is 6.07 Å². The number of nitriles is 1. The maximum absolute atomic E-state index is 13.4. The Bertz CT molecular complexity index is 612. The number of para-hydroxylation sites is 1. The summed E-state index contributed by atoms with van der Waals surface area (Å²) >= 11 is 0. The van der Waals surface area contributed by atoms with E-state index in [4.69, 9.17) is 11.0 Å². The molecule has 2 rings (SSSR count). The molecule has 0 aromatic heterocycles. The molecule has 0 saturated carbocycles. The quantitative estimate of drug-likeness (QED) is 0.799. The Kier molecular flexibility index (Phi) is 3.11. The normalized spacial score (nSPS) is 9.83. The lowest BCUT2D eigenvalue weighted by atomic mass is 10.2. The molecule has 0 fully saturated rings. The number of hydrogen-bond donors (Lipinski definition) is 2. The fraction of sp³-hybridized carbons (Fsp3) is 0. The van der Waals surface area contributed by atoms with Crippen molar-refractivity contribution in [3.05, 3.63) is 53.6 Å². The average molecular weight is 245 g/mol. The first-order valence-corrected chi connectivity index (χ1v) is 5.12. The Morgan fingerprint density at radius 2 is 1.78 bits per heavy atom. The second kappa shape index (κ2) is 4.72. The topological polar surface area (TPSA) is 61.8 Å². The zero-order chi connectivity index (χ0) is 13.1. The highest BCUT2D eigenvalue weighted by Crippen LogP contribution is 2.27. The van der Waals surface area contributed by atoms with Crippen molar-refractivity contribution < 1.29 is 8.78 Å². The van der Waals surface area contributed by atoms with Crippen LogP contribution in [0.4, 0.5) is 25.8 Å². The van der Waals surface area contributed by atoms with Crippen molar-refractivity contribution in [2.45, 2.75) is 0 Å². The second-order valence-electron chi connectivity index (χ2n) is 3.64. The molecule has 0 unspecified atom stereocenters. The SMILES string of the molecule is N#Cc1ccc(Nc2c(F)cccc2F)c(N)c1. The number of hydrogen-bond acceptors (Lipinski definition) is 3. The molecule has 0 aliphatic carbocycles. The fourth-order valence-corrected chi connectivity index (χ4v) is 1.50. The molecule has 0 amide bonds. The molecule has 0 saturated heterocycles. The predicted octanol–water partition coefficient (Wildman–Crippen LogP) is 3.16. The van der Waals surface area contributed by atoms with Crippen LogP contribution in [0.2, 0.25) is 0 Å². The van der Waals surface area contributed by atoms with Gasteiger partial charge in [0.1, 0.15) is 17.3 Å². The Hall–Kier alpha value is -2.61. The van der Waals surface area contributed by atoms with Crippen LogP contribution in [0.1, 0.15) is 5.56 Å². The lowest BCUT2D eigenvalue weighted by molar-refractivity contribution is 0.591. The molecule has 0 spiro atoms. The van der Waals surface area contributed by atoms with Gasteiger partial charge in [0.2, 0.25) is 0 Å². The third-order valence-electron chi connectivity index (χ3n) is 2.40. The molecule has 0 radical (unpaired) electrons. The molecule has 2 aromatic carbocycles. The van der Waals surface area contributed by atoms with Gasteiger partial charge >= 0.3 is 0 Å². The van der Waals surface area contributed by atoms with E-state index in [1.165, 1.54) is 24.3 Å². The second-order valence-corrected chi connectivity index (χ2v) is 3.64. The summed E-state index contributed by atoms with van der Waals surface area (Å²) in [6.07, 6.45) is 0. The van der Waals surface area contributed by atoms with Crippen LogP contribution in [0.3, 0.4) is 0 Å². The lowest BCUT2D eigenvalue weighted by Gasteiger charge is -2.11. The number of nitrogen functional groups attached to an aromatic ring is 1. The van der Waals surface area contributed by atoms with E-state index in [0.717, 1.165) is 12.1 Å². The third kappa shape index (κ3) is 2.23. The third-order valence-corrected chi connectivity index (χ3v) is 2.40. The Morgan fingerprint density at radius 3 is 2.33 bits per heavy atom. The summed E-state index contributed by atoms with van der Waals surface area (Å²) in [4.78, 5) is 0. The van der Waals surface area contributed by atoms with Gasteiger partial charge in [-0.2, -0.15) is 5.26 Å². The van der Waals surface area contributed by atoms with Gasteiger partial charge in [0, 0.05) is 0 Å². The van der Waals surface area contributed by atoms with Gasteiger partial charge in [-0.3, -0.25) is 0 Å². The molecule has 0 bridgehead atoms. The maximum Gasteiger partial charge on any atom is 0.149 e. The molecule has 0 atom stereocenters. The molecule has 3 N–H and O–H groups in total. The molecule has 0 aliphatic rings. The molecule has 3 nitrogen and oxygen atoms in total. The van der Waals surface area contributed by atoms with E-state index >= 15 is 0 Å². The number of anilines is 3. The van der Waals surface area contributed by atoms with Crippen LogP contribution in [-0.4, -0.2) is 0 Å². The first-order valence-electron chi connectivity index (χ1n) is 5.12. The highest BCUT2D eigenvalue weighted by Gasteiger charge is 2.10. The Balaban J connectivity index is 2.38. The number of benzene rings is 2. The van der Waals surface area contributed by atoms with Gasteiger partial charge in [-0.25, -0.2) is 8.78 Å². The van der Waals surface area contributed by atoms with Crippen LogP contribution >= 0.6 is 0 Å². The monoisotopic (exact) mass is 245 g/mol. The van der Waals surface area contributed by atoms with Crippen molar-refractivity contribution in [1.82, 2.24) is 0 Å². The van der Waals surface area contributed by atoms with Gasteiger partial charge in [-0.15, -0.1) is 0 Å². The number of halogens is 2. The van der Waals surface area contributed by atoms with E-state index < -0.39 is 11.6 Å². The minimum atomic E-state index is -0.709. The predicted molar refractivity (Wildman–Crippen MR) is 65.2 cm³/mol. The standard InChI is InChI=1S/C13H9F2N3/c14-9-2-1-3-10(15)13(9)18-12-5-4-8(7-16)6-11(12)17/h1-6,18H,17H2. The Morgan fingerprint density at radius 1 is 1.11 bits per heavy atom. The van der Waals surface area contributed by atoms with Crippen LogP contribution in [0.15, 0.2) is 36.4 Å². The molecule has 18 heavy (non-hydrogen) atoms. The largest absolute Gasteiger partial charge is 0.397 e. The molecular weight excluding hydrogens is 236 g/mol. The minimum absolute atomic E-state index is 0.247. The summed E-state index contributed by atoms with van der Waals surface area (Å²) in [5, 5.41) is 11.3. The highest BCUT2D eigenvalue weighted by atomic mass is 19.1. The summed E-state index contributed by atoms with van der Waals surface area (Å²) in [5.41, 5.74) is 6.39. The van der Waals surface area contributed by atoms with Crippen molar-refractivity contribution in [2.24, 2.45) is 0 Å². The van der Waals surface area contributed by atoms with E-state index in [-0.39, 0.29) is 11.4 Å². The number of nitrogens with two attached hydrogens (primary N) is 1. The van der Waals surface area contributed by atoms with Crippen molar-refractivity contribution in [1.29, 1.82) is 5.26 Å². The maximum atomic E-state index is 13.4. The van der Waals surface area contributed by atoms with Crippen LogP contribution in [-0.2, 0) is 0 Å². The first kappa shape index (κ1) is 11.9. The fourth-order valence-electron chi connectivity index (χ4n) is 1.50. The number of nitrogens with zero attached hydrogens (tertiary/aromatic N) is 1.